The Balaban J connectivity index is 1.25. The molecule has 0 radical (unpaired) electrons. The van der Waals surface area contributed by atoms with Gasteiger partial charge in [-0.1, -0.05) is 12.1 Å². The summed E-state index contributed by atoms with van der Waals surface area (Å²) in [7, 11) is 2.15. The van der Waals surface area contributed by atoms with Crippen molar-refractivity contribution in [2.24, 2.45) is 5.92 Å². The number of benzene rings is 2. The second-order valence-corrected chi connectivity index (χ2v) is 10.2. The number of carbonyl (C=O) groups is 1. The van der Waals surface area contributed by atoms with Gasteiger partial charge < -0.3 is 9.64 Å². The summed E-state index contributed by atoms with van der Waals surface area (Å²) >= 11 is 0. The first-order chi connectivity index (χ1) is 17.5. The van der Waals surface area contributed by atoms with E-state index in [1.807, 2.05) is 17.0 Å². The van der Waals surface area contributed by atoms with Gasteiger partial charge in [0.1, 0.15) is 11.6 Å². The minimum atomic E-state index is -0.784. The molecule has 2 aromatic carbocycles. The number of pyridine rings is 1. The number of carbonyl (C=O) groups excluding carboxylic acids is 1. The highest BCUT2D eigenvalue weighted by atomic mass is 19.1. The van der Waals surface area contributed by atoms with Gasteiger partial charge in [-0.15, -0.1) is 0 Å². The zero-order valence-corrected chi connectivity index (χ0v) is 20.3. The third-order valence-corrected chi connectivity index (χ3v) is 7.43. The summed E-state index contributed by atoms with van der Waals surface area (Å²) in [6.07, 6.45) is 5.41. The average Bonchev–Trinajstić information content (AvgIpc) is 3.77. The molecule has 186 valence electrons. The molecule has 0 spiro atoms. The Morgan fingerprint density at radius 2 is 1.92 bits per heavy atom. The van der Waals surface area contributed by atoms with E-state index in [9.17, 15) is 13.6 Å². The summed E-state index contributed by atoms with van der Waals surface area (Å²) in [5, 5.41) is 0. The molecule has 1 amide bonds. The second kappa shape index (κ2) is 9.28. The van der Waals surface area contributed by atoms with Crippen LogP contribution in [0.15, 0.2) is 54.6 Å². The molecule has 36 heavy (non-hydrogen) atoms. The summed E-state index contributed by atoms with van der Waals surface area (Å²) in [5.74, 6) is -0.829. The van der Waals surface area contributed by atoms with Crippen molar-refractivity contribution in [2.75, 3.05) is 13.6 Å². The van der Waals surface area contributed by atoms with E-state index >= 15 is 0 Å². The first-order valence-corrected chi connectivity index (χ1v) is 12.7. The van der Waals surface area contributed by atoms with Crippen molar-refractivity contribution >= 4 is 5.91 Å². The topological polar surface area (TPSA) is 45.7 Å². The smallest absolute Gasteiger partial charge is 0.254 e. The molecular formula is C29H29F2N3O2. The quantitative estimate of drug-likeness (QED) is 0.396. The van der Waals surface area contributed by atoms with Crippen molar-refractivity contribution in [1.29, 1.82) is 0 Å². The van der Waals surface area contributed by atoms with Crippen molar-refractivity contribution in [3.8, 4) is 11.5 Å². The Bertz CT molecular complexity index is 1310. The molecule has 1 aromatic heterocycles. The fraction of sp³-hybridized carbons (Fsp3) is 0.379. The van der Waals surface area contributed by atoms with Crippen molar-refractivity contribution < 1.29 is 18.3 Å². The molecule has 5 nitrogen and oxygen atoms in total. The number of nitrogens with zero attached hydrogens (tertiary/aromatic N) is 3. The lowest BCUT2D eigenvalue weighted by Crippen LogP contribution is -2.41. The number of fused-ring (bicyclic) bond motifs is 1. The molecule has 0 bridgehead atoms. The Labute approximate surface area is 209 Å². The Kier molecular flexibility index (Phi) is 5.96. The lowest BCUT2D eigenvalue weighted by atomic mass is 9.95. The van der Waals surface area contributed by atoms with Gasteiger partial charge in [-0.05, 0) is 87.0 Å². The molecule has 0 saturated heterocycles. The van der Waals surface area contributed by atoms with Crippen LogP contribution in [0, 0.1) is 17.6 Å². The third-order valence-electron chi connectivity index (χ3n) is 7.43. The van der Waals surface area contributed by atoms with Crippen molar-refractivity contribution in [3.05, 3.63) is 88.7 Å². The zero-order valence-electron chi connectivity index (χ0n) is 20.3. The van der Waals surface area contributed by atoms with Crippen LogP contribution in [0.3, 0.4) is 0 Å². The van der Waals surface area contributed by atoms with Crippen molar-refractivity contribution in [1.82, 2.24) is 14.8 Å². The van der Waals surface area contributed by atoms with Gasteiger partial charge in [0.2, 0.25) is 0 Å². The van der Waals surface area contributed by atoms with E-state index in [0.29, 0.717) is 29.8 Å². The SMILES string of the molecule is CN(Cc1cccc(C(C2CC2)N2CCc3ccc(Oc4ccc(F)cc4F)cc3C2=O)n1)C1CC1. The van der Waals surface area contributed by atoms with Crippen LogP contribution in [0.25, 0.3) is 0 Å². The molecule has 3 aliphatic rings. The molecule has 3 aromatic rings. The van der Waals surface area contributed by atoms with Crippen LogP contribution < -0.4 is 4.74 Å². The number of ether oxygens (including phenoxy) is 1. The standard InChI is InChI=1S/C29H29F2N3O2/c1-33(22-9-10-22)17-21-3-2-4-26(32-21)28(19-5-6-19)34-14-13-18-7-11-23(16-24(18)29(34)35)36-27-12-8-20(30)15-25(27)31/h2-4,7-8,11-12,15-16,19,22,28H,5-6,9-10,13-14,17H2,1H3. The second-order valence-electron chi connectivity index (χ2n) is 10.2. The minimum Gasteiger partial charge on any atom is -0.454 e. The molecule has 2 heterocycles. The largest absolute Gasteiger partial charge is 0.454 e. The van der Waals surface area contributed by atoms with Gasteiger partial charge in [-0.25, -0.2) is 8.78 Å². The number of halogens is 2. The van der Waals surface area contributed by atoms with Crippen LogP contribution in [0.4, 0.5) is 8.78 Å². The van der Waals surface area contributed by atoms with Crippen LogP contribution in [-0.4, -0.2) is 40.3 Å². The highest BCUT2D eigenvalue weighted by molar-refractivity contribution is 5.97. The van der Waals surface area contributed by atoms with E-state index in [4.69, 9.17) is 9.72 Å². The van der Waals surface area contributed by atoms with Gasteiger partial charge in [0.15, 0.2) is 11.6 Å². The predicted molar refractivity (Wildman–Crippen MR) is 132 cm³/mol. The first kappa shape index (κ1) is 23.1. The van der Waals surface area contributed by atoms with Gasteiger partial charge >= 0.3 is 0 Å². The Morgan fingerprint density at radius 1 is 1.08 bits per heavy atom. The molecule has 6 rings (SSSR count). The van der Waals surface area contributed by atoms with E-state index in [-0.39, 0.29) is 17.7 Å². The molecule has 2 aliphatic carbocycles. The van der Waals surface area contributed by atoms with Crippen LogP contribution in [0.2, 0.25) is 0 Å². The molecule has 2 saturated carbocycles. The van der Waals surface area contributed by atoms with E-state index in [2.05, 4.69) is 24.1 Å². The molecular weight excluding hydrogens is 460 g/mol. The number of hydrogen-bond acceptors (Lipinski definition) is 4. The van der Waals surface area contributed by atoms with Crippen LogP contribution in [0.1, 0.15) is 59.0 Å². The average molecular weight is 490 g/mol. The van der Waals surface area contributed by atoms with Crippen molar-refractivity contribution in [3.63, 3.8) is 0 Å². The molecule has 1 aliphatic heterocycles. The highest BCUT2D eigenvalue weighted by Crippen LogP contribution is 2.45. The van der Waals surface area contributed by atoms with E-state index in [1.54, 1.807) is 12.1 Å². The van der Waals surface area contributed by atoms with E-state index in [0.717, 1.165) is 54.9 Å². The molecule has 7 heteroatoms. The van der Waals surface area contributed by atoms with E-state index < -0.39 is 11.6 Å². The lowest BCUT2D eigenvalue weighted by Gasteiger charge is -2.36. The van der Waals surface area contributed by atoms with Gasteiger partial charge in [-0.2, -0.15) is 0 Å². The number of hydrogen-bond donors (Lipinski definition) is 0. The van der Waals surface area contributed by atoms with Crippen LogP contribution >= 0.6 is 0 Å². The maximum Gasteiger partial charge on any atom is 0.254 e. The Morgan fingerprint density at radius 3 is 2.67 bits per heavy atom. The zero-order chi connectivity index (χ0) is 24.8. The first-order valence-electron chi connectivity index (χ1n) is 12.7. The fourth-order valence-corrected chi connectivity index (χ4v) is 5.20. The number of rotatable bonds is 8. The summed E-state index contributed by atoms with van der Waals surface area (Å²) in [6.45, 7) is 1.45. The Hall–Kier alpha value is -3.32. The lowest BCUT2D eigenvalue weighted by molar-refractivity contribution is 0.0627. The molecule has 1 atom stereocenters. The molecule has 0 N–H and O–H groups in total. The number of aromatic nitrogens is 1. The summed E-state index contributed by atoms with van der Waals surface area (Å²) in [6, 6.07) is 15.2. The maximum atomic E-state index is 14.1. The maximum absolute atomic E-state index is 14.1. The summed E-state index contributed by atoms with van der Waals surface area (Å²) in [4.78, 5) is 23.1. The third kappa shape index (κ3) is 4.72. The predicted octanol–water partition coefficient (Wildman–Crippen LogP) is 5.90. The summed E-state index contributed by atoms with van der Waals surface area (Å²) in [5.41, 5.74) is 3.51. The fourth-order valence-electron chi connectivity index (χ4n) is 5.20. The van der Waals surface area contributed by atoms with Gasteiger partial charge in [0.25, 0.3) is 5.91 Å². The van der Waals surface area contributed by atoms with Crippen molar-refractivity contribution in [2.45, 2.75) is 50.7 Å². The van der Waals surface area contributed by atoms with Gasteiger partial charge in [-0.3, -0.25) is 14.7 Å². The molecule has 2 fully saturated rings. The number of amides is 1. The van der Waals surface area contributed by atoms with Crippen LogP contribution in [0.5, 0.6) is 11.5 Å². The van der Waals surface area contributed by atoms with Gasteiger partial charge in [0, 0.05) is 30.8 Å². The van der Waals surface area contributed by atoms with Crippen LogP contribution in [-0.2, 0) is 13.0 Å². The van der Waals surface area contributed by atoms with E-state index in [1.165, 1.54) is 18.9 Å². The minimum absolute atomic E-state index is 0.0551. The van der Waals surface area contributed by atoms with Gasteiger partial charge in [0.05, 0.1) is 17.4 Å². The highest BCUT2D eigenvalue weighted by Gasteiger charge is 2.41. The molecule has 1 unspecified atom stereocenters. The normalized spacial score (nSPS) is 18.3. The monoisotopic (exact) mass is 489 g/mol. The summed E-state index contributed by atoms with van der Waals surface area (Å²) < 4.78 is 33.0.